The number of nitrogens with zero attached hydrogens (tertiary/aromatic N) is 1. The van der Waals surface area contributed by atoms with Gasteiger partial charge in [-0.1, -0.05) is 0 Å². The molecule has 0 aliphatic heterocycles. The molecule has 0 fully saturated rings. The lowest BCUT2D eigenvalue weighted by Crippen LogP contribution is -2.29. The van der Waals surface area contributed by atoms with Gasteiger partial charge in [-0.25, -0.2) is 4.39 Å². The monoisotopic (exact) mass is 240 g/mol. The maximum Gasteiger partial charge on any atom is 0.123 e. The number of rotatable bonds is 8. The van der Waals surface area contributed by atoms with E-state index in [4.69, 9.17) is 4.74 Å². The Hall–Kier alpha value is -1.13. The highest BCUT2D eigenvalue weighted by Gasteiger charge is 2.00. The summed E-state index contributed by atoms with van der Waals surface area (Å²) in [5.41, 5.74) is 1.03. The molecule has 0 atom stereocenters. The van der Waals surface area contributed by atoms with Crippen LogP contribution in [-0.2, 0) is 4.74 Å². The second-order valence-electron chi connectivity index (χ2n) is 3.99. The van der Waals surface area contributed by atoms with Crippen molar-refractivity contribution in [3.05, 3.63) is 30.1 Å². The number of ether oxygens (including phenoxy) is 1. The Morgan fingerprint density at radius 2 is 1.94 bits per heavy atom. The maximum atomic E-state index is 12.7. The number of nitrogens with one attached hydrogen (secondary N) is 1. The van der Waals surface area contributed by atoms with E-state index in [1.807, 2.05) is 7.05 Å². The summed E-state index contributed by atoms with van der Waals surface area (Å²) in [7, 11) is 3.71. The van der Waals surface area contributed by atoms with E-state index in [2.05, 4.69) is 10.2 Å². The Morgan fingerprint density at radius 1 is 1.24 bits per heavy atom. The molecule has 0 heterocycles. The van der Waals surface area contributed by atoms with E-state index in [0.29, 0.717) is 0 Å². The Balaban J connectivity index is 2.16. The molecule has 0 saturated heterocycles. The van der Waals surface area contributed by atoms with Crippen molar-refractivity contribution in [3.63, 3.8) is 0 Å². The van der Waals surface area contributed by atoms with E-state index in [1.54, 1.807) is 19.2 Å². The van der Waals surface area contributed by atoms with Gasteiger partial charge in [0.15, 0.2) is 0 Å². The second-order valence-corrected chi connectivity index (χ2v) is 3.99. The summed E-state index contributed by atoms with van der Waals surface area (Å²) < 4.78 is 17.7. The SMILES string of the molecule is COCCCNCCN(C)c1ccc(F)cc1. The van der Waals surface area contributed by atoms with E-state index in [1.165, 1.54) is 12.1 Å². The maximum absolute atomic E-state index is 12.7. The zero-order chi connectivity index (χ0) is 12.5. The number of hydrogen-bond acceptors (Lipinski definition) is 3. The topological polar surface area (TPSA) is 24.5 Å². The molecule has 4 heteroatoms. The summed E-state index contributed by atoms with van der Waals surface area (Å²) in [5, 5.41) is 3.34. The molecule has 0 spiro atoms. The molecule has 1 aromatic carbocycles. The van der Waals surface area contributed by atoms with Crippen LogP contribution in [-0.4, -0.2) is 40.4 Å². The van der Waals surface area contributed by atoms with Crippen molar-refractivity contribution in [2.24, 2.45) is 0 Å². The van der Waals surface area contributed by atoms with Crippen LogP contribution in [0.15, 0.2) is 24.3 Å². The van der Waals surface area contributed by atoms with Crippen LogP contribution in [0, 0.1) is 5.82 Å². The van der Waals surface area contributed by atoms with Crippen LogP contribution < -0.4 is 10.2 Å². The summed E-state index contributed by atoms with van der Waals surface area (Å²) in [4.78, 5) is 2.10. The molecular weight excluding hydrogens is 219 g/mol. The molecule has 0 bridgehead atoms. The quantitative estimate of drug-likeness (QED) is 0.702. The van der Waals surface area contributed by atoms with Gasteiger partial charge in [0.2, 0.25) is 0 Å². The Bertz CT molecular complexity index is 303. The normalized spacial score (nSPS) is 10.5. The summed E-state index contributed by atoms with van der Waals surface area (Å²) >= 11 is 0. The first-order valence-electron chi connectivity index (χ1n) is 5.90. The number of halogens is 1. The third kappa shape index (κ3) is 5.65. The summed E-state index contributed by atoms with van der Waals surface area (Å²) in [6, 6.07) is 6.55. The first-order valence-corrected chi connectivity index (χ1v) is 5.90. The third-order valence-electron chi connectivity index (χ3n) is 2.59. The standard InChI is InChI=1S/C13H21FN2O/c1-16(10-9-15-8-3-11-17-2)13-6-4-12(14)5-7-13/h4-7,15H,3,8-11H2,1-2H3. The Labute approximate surface area is 103 Å². The highest BCUT2D eigenvalue weighted by molar-refractivity contribution is 5.45. The number of likely N-dealkylation sites (N-methyl/N-ethyl adjacent to an activating group) is 1. The Morgan fingerprint density at radius 3 is 2.59 bits per heavy atom. The largest absolute Gasteiger partial charge is 0.385 e. The van der Waals surface area contributed by atoms with E-state index >= 15 is 0 Å². The van der Waals surface area contributed by atoms with Crippen molar-refractivity contribution in [1.29, 1.82) is 0 Å². The minimum atomic E-state index is -0.195. The highest BCUT2D eigenvalue weighted by Crippen LogP contribution is 2.12. The van der Waals surface area contributed by atoms with Gasteiger partial charge < -0.3 is 15.0 Å². The van der Waals surface area contributed by atoms with Gasteiger partial charge in [-0.15, -0.1) is 0 Å². The van der Waals surface area contributed by atoms with Gasteiger partial charge in [-0.3, -0.25) is 0 Å². The number of benzene rings is 1. The fourth-order valence-electron chi connectivity index (χ4n) is 1.54. The first kappa shape index (κ1) is 13.9. The predicted octanol–water partition coefficient (Wildman–Crippen LogP) is 1.89. The summed E-state index contributed by atoms with van der Waals surface area (Å²) in [6.07, 6.45) is 1.02. The van der Waals surface area contributed by atoms with Gasteiger partial charge in [-0.2, -0.15) is 0 Å². The highest BCUT2D eigenvalue weighted by atomic mass is 19.1. The Kier molecular flexibility index (Phi) is 6.58. The van der Waals surface area contributed by atoms with Crippen LogP contribution in [0.4, 0.5) is 10.1 Å². The number of anilines is 1. The molecule has 17 heavy (non-hydrogen) atoms. The summed E-state index contributed by atoms with van der Waals surface area (Å²) in [6.45, 7) is 3.57. The van der Waals surface area contributed by atoms with E-state index in [0.717, 1.165) is 38.3 Å². The molecule has 0 radical (unpaired) electrons. The van der Waals surface area contributed by atoms with Gasteiger partial charge in [-0.05, 0) is 37.2 Å². The summed E-state index contributed by atoms with van der Waals surface area (Å²) in [5.74, 6) is -0.195. The molecule has 1 rings (SSSR count). The molecule has 96 valence electrons. The average Bonchev–Trinajstić information content (AvgIpc) is 2.34. The van der Waals surface area contributed by atoms with E-state index < -0.39 is 0 Å². The van der Waals surface area contributed by atoms with Crippen LogP contribution in [0.25, 0.3) is 0 Å². The fraction of sp³-hybridized carbons (Fsp3) is 0.538. The average molecular weight is 240 g/mol. The van der Waals surface area contributed by atoms with Crippen molar-refractivity contribution in [2.45, 2.75) is 6.42 Å². The predicted molar refractivity (Wildman–Crippen MR) is 69.0 cm³/mol. The molecule has 1 N–H and O–H groups in total. The minimum absolute atomic E-state index is 0.195. The molecule has 0 aliphatic rings. The van der Waals surface area contributed by atoms with Crippen LogP contribution in [0.2, 0.25) is 0 Å². The van der Waals surface area contributed by atoms with Crippen molar-refractivity contribution in [3.8, 4) is 0 Å². The molecule has 1 aromatic rings. The van der Waals surface area contributed by atoms with Gasteiger partial charge >= 0.3 is 0 Å². The molecule has 0 saturated carbocycles. The zero-order valence-corrected chi connectivity index (χ0v) is 10.6. The molecule has 0 unspecified atom stereocenters. The second kappa shape index (κ2) is 8.03. The lowest BCUT2D eigenvalue weighted by atomic mass is 10.3. The molecule has 0 amide bonds. The molecule has 0 aliphatic carbocycles. The minimum Gasteiger partial charge on any atom is -0.385 e. The van der Waals surface area contributed by atoms with Gasteiger partial charge in [0.1, 0.15) is 5.82 Å². The first-order chi connectivity index (χ1) is 8.24. The van der Waals surface area contributed by atoms with E-state index in [9.17, 15) is 4.39 Å². The van der Waals surface area contributed by atoms with E-state index in [-0.39, 0.29) is 5.82 Å². The van der Waals surface area contributed by atoms with Crippen molar-refractivity contribution in [2.75, 3.05) is 45.3 Å². The van der Waals surface area contributed by atoms with Crippen molar-refractivity contribution < 1.29 is 9.13 Å². The van der Waals surface area contributed by atoms with Gasteiger partial charge in [0.25, 0.3) is 0 Å². The van der Waals surface area contributed by atoms with Crippen LogP contribution in [0.5, 0.6) is 0 Å². The number of methoxy groups -OCH3 is 1. The smallest absolute Gasteiger partial charge is 0.123 e. The van der Waals surface area contributed by atoms with Gasteiger partial charge in [0, 0.05) is 39.5 Å². The van der Waals surface area contributed by atoms with Gasteiger partial charge in [0.05, 0.1) is 0 Å². The van der Waals surface area contributed by atoms with Crippen molar-refractivity contribution >= 4 is 5.69 Å². The number of hydrogen-bond donors (Lipinski definition) is 1. The fourth-order valence-corrected chi connectivity index (χ4v) is 1.54. The van der Waals surface area contributed by atoms with Crippen molar-refractivity contribution in [1.82, 2.24) is 5.32 Å². The van der Waals surface area contributed by atoms with Crippen LogP contribution >= 0.6 is 0 Å². The molecule has 3 nitrogen and oxygen atoms in total. The van der Waals surface area contributed by atoms with Crippen LogP contribution in [0.3, 0.4) is 0 Å². The zero-order valence-electron chi connectivity index (χ0n) is 10.6. The third-order valence-corrected chi connectivity index (χ3v) is 2.59. The lowest BCUT2D eigenvalue weighted by molar-refractivity contribution is 0.194. The van der Waals surface area contributed by atoms with Crippen LogP contribution in [0.1, 0.15) is 6.42 Å². The molecular formula is C13H21FN2O. The lowest BCUT2D eigenvalue weighted by Gasteiger charge is -2.19. The molecule has 0 aromatic heterocycles.